The number of carbonyl (C=O) groups excluding carboxylic acids is 1. The van der Waals surface area contributed by atoms with Crippen molar-refractivity contribution in [3.63, 3.8) is 0 Å². The third-order valence-electron chi connectivity index (χ3n) is 3.52. The zero-order chi connectivity index (χ0) is 14.8. The van der Waals surface area contributed by atoms with E-state index in [0.29, 0.717) is 12.1 Å². The Kier molecular flexibility index (Phi) is 3.80. The monoisotopic (exact) mass is 343 g/mol. The molecule has 2 aromatic carbocycles. The molecule has 106 valence electrons. The number of rotatable bonds is 3. The van der Waals surface area contributed by atoms with Gasteiger partial charge in [-0.2, -0.15) is 0 Å². The van der Waals surface area contributed by atoms with E-state index in [1.807, 2.05) is 36.5 Å². The number of esters is 1. The first-order chi connectivity index (χ1) is 10.2. The van der Waals surface area contributed by atoms with E-state index in [9.17, 15) is 4.79 Å². The van der Waals surface area contributed by atoms with Crippen LogP contribution in [0.5, 0.6) is 0 Å². The summed E-state index contributed by atoms with van der Waals surface area (Å²) < 4.78 is 8.04. The lowest BCUT2D eigenvalue weighted by molar-refractivity contribution is 0.0599. The van der Waals surface area contributed by atoms with Crippen LogP contribution in [-0.2, 0) is 11.3 Å². The highest BCUT2D eigenvalue weighted by molar-refractivity contribution is 9.10. The molecule has 0 unspecified atom stereocenters. The number of nitrogens with zero attached hydrogens (tertiary/aromatic N) is 1. The van der Waals surface area contributed by atoms with Crippen molar-refractivity contribution >= 4 is 32.8 Å². The Hall–Kier alpha value is -2.07. The Morgan fingerprint density at radius 3 is 2.76 bits per heavy atom. The van der Waals surface area contributed by atoms with Crippen LogP contribution < -0.4 is 0 Å². The molecule has 0 N–H and O–H groups in total. The summed E-state index contributed by atoms with van der Waals surface area (Å²) in [6, 6.07) is 15.7. The molecule has 0 bridgehead atoms. The van der Waals surface area contributed by atoms with Gasteiger partial charge >= 0.3 is 5.97 Å². The Labute approximate surface area is 131 Å². The maximum Gasteiger partial charge on any atom is 0.338 e. The van der Waals surface area contributed by atoms with E-state index in [1.54, 1.807) is 6.07 Å². The molecule has 0 aliphatic carbocycles. The number of carbonyl (C=O) groups is 1. The van der Waals surface area contributed by atoms with E-state index in [1.165, 1.54) is 7.11 Å². The molecular formula is C17H14BrNO2. The number of ether oxygens (including phenoxy) is 1. The molecule has 0 fully saturated rings. The molecule has 3 nitrogen and oxygen atoms in total. The second kappa shape index (κ2) is 5.74. The molecule has 0 aliphatic heterocycles. The molecule has 1 aromatic heterocycles. The lowest BCUT2D eigenvalue weighted by Crippen LogP contribution is -2.08. The summed E-state index contributed by atoms with van der Waals surface area (Å²) in [6.45, 7) is 0.630. The average molecular weight is 344 g/mol. The van der Waals surface area contributed by atoms with Gasteiger partial charge in [0.2, 0.25) is 0 Å². The van der Waals surface area contributed by atoms with Crippen LogP contribution in [-0.4, -0.2) is 17.6 Å². The third-order valence-corrected chi connectivity index (χ3v) is 4.22. The van der Waals surface area contributed by atoms with Crippen molar-refractivity contribution in [1.29, 1.82) is 0 Å². The summed E-state index contributed by atoms with van der Waals surface area (Å²) in [7, 11) is 1.40. The van der Waals surface area contributed by atoms with Crippen LogP contribution in [0.4, 0.5) is 0 Å². The number of hydrogen-bond acceptors (Lipinski definition) is 2. The number of methoxy groups -OCH3 is 1. The first-order valence-electron chi connectivity index (χ1n) is 6.60. The van der Waals surface area contributed by atoms with E-state index >= 15 is 0 Å². The maximum atomic E-state index is 11.8. The zero-order valence-corrected chi connectivity index (χ0v) is 13.1. The van der Waals surface area contributed by atoms with Gasteiger partial charge < -0.3 is 9.30 Å². The number of halogens is 1. The van der Waals surface area contributed by atoms with Crippen LogP contribution >= 0.6 is 15.9 Å². The SMILES string of the molecule is COC(=O)c1ccccc1Cn1ccc2c(Br)cccc21. The fourth-order valence-electron chi connectivity index (χ4n) is 2.47. The van der Waals surface area contributed by atoms with Gasteiger partial charge in [-0.25, -0.2) is 4.79 Å². The molecule has 0 atom stereocenters. The molecular weight excluding hydrogens is 330 g/mol. The molecule has 4 heteroatoms. The van der Waals surface area contributed by atoms with E-state index in [2.05, 4.69) is 32.6 Å². The third kappa shape index (κ3) is 2.59. The van der Waals surface area contributed by atoms with Gasteiger partial charge in [-0.3, -0.25) is 0 Å². The second-order valence-corrected chi connectivity index (χ2v) is 5.62. The molecule has 3 rings (SSSR count). The molecule has 0 saturated carbocycles. The second-order valence-electron chi connectivity index (χ2n) is 4.77. The summed E-state index contributed by atoms with van der Waals surface area (Å²) in [5.74, 6) is -0.303. The van der Waals surface area contributed by atoms with Crippen LogP contribution in [0.1, 0.15) is 15.9 Å². The van der Waals surface area contributed by atoms with Crippen LogP contribution in [0, 0.1) is 0 Å². The molecule has 0 saturated heterocycles. The van der Waals surface area contributed by atoms with E-state index < -0.39 is 0 Å². The van der Waals surface area contributed by atoms with Crippen LogP contribution in [0.25, 0.3) is 10.9 Å². The van der Waals surface area contributed by atoms with E-state index in [4.69, 9.17) is 4.74 Å². The maximum absolute atomic E-state index is 11.8. The summed E-state index contributed by atoms with van der Waals surface area (Å²) in [5, 5.41) is 1.16. The topological polar surface area (TPSA) is 31.2 Å². The minimum Gasteiger partial charge on any atom is -0.465 e. The lowest BCUT2D eigenvalue weighted by atomic mass is 10.1. The van der Waals surface area contributed by atoms with Crippen molar-refractivity contribution in [1.82, 2.24) is 4.57 Å². The highest BCUT2D eigenvalue weighted by Gasteiger charge is 2.12. The van der Waals surface area contributed by atoms with Gasteiger partial charge in [0.25, 0.3) is 0 Å². The first-order valence-corrected chi connectivity index (χ1v) is 7.39. The Morgan fingerprint density at radius 2 is 1.95 bits per heavy atom. The van der Waals surface area contributed by atoms with Gasteiger partial charge in [-0.1, -0.05) is 40.2 Å². The Balaban J connectivity index is 2.04. The number of hydrogen-bond donors (Lipinski definition) is 0. The quantitative estimate of drug-likeness (QED) is 0.666. The van der Waals surface area contributed by atoms with Crippen LogP contribution in [0.15, 0.2) is 59.2 Å². The summed E-state index contributed by atoms with van der Waals surface area (Å²) in [5.41, 5.74) is 2.68. The standard InChI is InChI=1S/C17H14BrNO2/c1-21-17(20)13-6-3-2-5-12(13)11-19-10-9-14-15(18)7-4-8-16(14)19/h2-10H,11H2,1H3. The van der Waals surface area contributed by atoms with E-state index in [-0.39, 0.29) is 5.97 Å². The summed E-state index contributed by atoms with van der Waals surface area (Å²) in [6.07, 6.45) is 2.03. The fraction of sp³-hybridized carbons (Fsp3) is 0.118. The molecule has 3 aromatic rings. The highest BCUT2D eigenvalue weighted by atomic mass is 79.9. The van der Waals surface area contributed by atoms with E-state index in [0.717, 1.165) is 20.9 Å². The normalized spacial score (nSPS) is 10.8. The summed E-state index contributed by atoms with van der Waals surface area (Å²) in [4.78, 5) is 11.8. The van der Waals surface area contributed by atoms with Gasteiger partial charge in [0.05, 0.1) is 12.7 Å². The molecule has 1 heterocycles. The van der Waals surface area contributed by atoms with Gasteiger partial charge in [0, 0.05) is 28.1 Å². The van der Waals surface area contributed by atoms with Gasteiger partial charge in [-0.05, 0) is 29.8 Å². The van der Waals surface area contributed by atoms with Crippen molar-refractivity contribution in [2.75, 3.05) is 7.11 Å². The number of fused-ring (bicyclic) bond motifs is 1. The number of aromatic nitrogens is 1. The molecule has 0 radical (unpaired) electrons. The smallest absolute Gasteiger partial charge is 0.338 e. The van der Waals surface area contributed by atoms with Gasteiger partial charge in [0.1, 0.15) is 0 Å². The Morgan fingerprint density at radius 1 is 1.14 bits per heavy atom. The molecule has 0 aliphatic rings. The Bertz CT molecular complexity index is 807. The van der Waals surface area contributed by atoms with Gasteiger partial charge in [-0.15, -0.1) is 0 Å². The molecule has 0 spiro atoms. The van der Waals surface area contributed by atoms with Crippen molar-refractivity contribution < 1.29 is 9.53 Å². The first kappa shape index (κ1) is 13.9. The van der Waals surface area contributed by atoms with Crippen molar-refractivity contribution in [2.24, 2.45) is 0 Å². The predicted octanol–water partition coefficient (Wildman–Crippen LogP) is 4.24. The minimum absolute atomic E-state index is 0.303. The fourth-order valence-corrected chi connectivity index (χ4v) is 2.96. The van der Waals surface area contributed by atoms with Crippen LogP contribution in [0.3, 0.4) is 0 Å². The molecule has 21 heavy (non-hydrogen) atoms. The predicted molar refractivity (Wildman–Crippen MR) is 86.5 cm³/mol. The minimum atomic E-state index is -0.303. The lowest BCUT2D eigenvalue weighted by Gasteiger charge is -2.10. The van der Waals surface area contributed by atoms with Crippen molar-refractivity contribution in [2.45, 2.75) is 6.54 Å². The largest absolute Gasteiger partial charge is 0.465 e. The zero-order valence-electron chi connectivity index (χ0n) is 11.5. The highest BCUT2D eigenvalue weighted by Crippen LogP contribution is 2.25. The average Bonchev–Trinajstić information content (AvgIpc) is 2.92. The van der Waals surface area contributed by atoms with Crippen molar-refractivity contribution in [3.8, 4) is 0 Å². The summed E-state index contributed by atoms with van der Waals surface area (Å²) >= 11 is 3.56. The molecule has 0 amide bonds. The van der Waals surface area contributed by atoms with Crippen LogP contribution in [0.2, 0.25) is 0 Å². The number of benzene rings is 2. The van der Waals surface area contributed by atoms with Gasteiger partial charge in [0.15, 0.2) is 0 Å². The van der Waals surface area contributed by atoms with Crippen molar-refractivity contribution in [3.05, 3.63) is 70.3 Å².